The van der Waals surface area contributed by atoms with E-state index in [9.17, 15) is 16.8 Å². The summed E-state index contributed by atoms with van der Waals surface area (Å²) in [6, 6.07) is 3.27. The van der Waals surface area contributed by atoms with Crippen molar-refractivity contribution in [1.82, 2.24) is 0 Å². The van der Waals surface area contributed by atoms with E-state index in [0.29, 0.717) is 11.1 Å². The minimum atomic E-state index is -4.46. The van der Waals surface area contributed by atoms with Crippen LogP contribution in [0.2, 0.25) is 0 Å². The molecular formula is C14H20N2O4S2. The summed E-state index contributed by atoms with van der Waals surface area (Å²) < 4.78 is 47.7. The first-order valence-corrected chi connectivity index (χ1v) is 9.53. The van der Waals surface area contributed by atoms with Gasteiger partial charge in [-0.1, -0.05) is 17.7 Å². The van der Waals surface area contributed by atoms with Gasteiger partial charge in [0.2, 0.25) is 0 Å². The van der Waals surface area contributed by atoms with E-state index in [2.05, 4.69) is 4.79 Å². The Morgan fingerprint density at radius 2 is 1.41 bits per heavy atom. The van der Waals surface area contributed by atoms with Crippen molar-refractivity contribution in [1.29, 1.82) is 0 Å². The average Bonchev–Trinajstić information content (AvgIpc) is 2.24. The van der Waals surface area contributed by atoms with Gasteiger partial charge in [-0.2, -0.15) is 0 Å². The van der Waals surface area contributed by atoms with Crippen LogP contribution in [0.15, 0.2) is 17.0 Å². The number of rotatable bonds is 1. The zero-order chi connectivity index (χ0) is 17.5. The van der Waals surface area contributed by atoms with Gasteiger partial charge in [-0.3, -0.25) is 0 Å². The summed E-state index contributed by atoms with van der Waals surface area (Å²) in [5.74, 6) is 0. The standard InChI is InChI=1S/C14H20N2O4S2/c1-9-7-10(2)12(11(3)8-9)21(17,18)13(16-15)22(19,20)14(4,5)6/h7-8H,1-6H3. The minimum absolute atomic E-state index is 0.140. The Morgan fingerprint density at radius 3 is 1.73 bits per heavy atom. The third-order valence-electron chi connectivity index (χ3n) is 3.22. The van der Waals surface area contributed by atoms with E-state index >= 15 is 0 Å². The lowest BCUT2D eigenvalue weighted by atomic mass is 10.1. The number of nitrogens with zero attached hydrogens (tertiary/aromatic N) is 2. The predicted molar refractivity (Wildman–Crippen MR) is 85.1 cm³/mol. The summed E-state index contributed by atoms with van der Waals surface area (Å²) in [6.45, 7) is 8.99. The molecule has 0 aliphatic rings. The molecule has 0 aliphatic carbocycles. The third-order valence-corrected chi connectivity index (χ3v) is 8.41. The van der Waals surface area contributed by atoms with E-state index in [1.807, 2.05) is 6.92 Å². The fourth-order valence-electron chi connectivity index (χ4n) is 2.19. The maximum atomic E-state index is 12.7. The largest absolute Gasteiger partial charge is 0.500 e. The molecule has 1 rings (SSSR count). The first kappa shape index (κ1) is 18.5. The van der Waals surface area contributed by atoms with E-state index in [4.69, 9.17) is 5.53 Å². The lowest BCUT2D eigenvalue weighted by Gasteiger charge is -2.16. The summed E-state index contributed by atoms with van der Waals surface area (Å²) in [5, 5.41) is 0. The molecule has 0 fully saturated rings. The second kappa shape index (κ2) is 5.61. The number of benzene rings is 1. The Kier molecular flexibility index (Phi) is 4.73. The van der Waals surface area contributed by atoms with Crippen molar-refractivity contribution in [3.05, 3.63) is 34.4 Å². The molecule has 122 valence electrons. The van der Waals surface area contributed by atoms with Crippen LogP contribution in [0, 0.1) is 20.8 Å². The second-order valence-electron chi connectivity index (χ2n) is 6.21. The number of aryl methyl sites for hydroxylation is 3. The van der Waals surface area contributed by atoms with E-state index in [-0.39, 0.29) is 4.90 Å². The zero-order valence-corrected chi connectivity index (χ0v) is 15.1. The maximum Gasteiger partial charge on any atom is 0.500 e. The molecule has 0 radical (unpaired) electrons. The Morgan fingerprint density at radius 1 is 1.00 bits per heavy atom. The maximum absolute atomic E-state index is 12.7. The van der Waals surface area contributed by atoms with Crippen LogP contribution in [0.5, 0.6) is 0 Å². The molecule has 0 atom stereocenters. The van der Waals surface area contributed by atoms with Crippen molar-refractivity contribution in [2.24, 2.45) is 0 Å². The minimum Gasteiger partial charge on any atom is -0.359 e. The van der Waals surface area contributed by atoms with Gasteiger partial charge in [0.25, 0.3) is 19.7 Å². The van der Waals surface area contributed by atoms with Crippen LogP contribution in [-0.4, -0.2) is 30.7 Å². The zero-order valence-electron chi connectivity index (χ0n) is 13.5. The lowest BCUT2D eigenvalue weighted by Crippen LogP contribution is -2.39. The molecule has 0 aliphatic heterocycles. The lowest BCUT2D eigenvalue weighted by molar-refractivity contribution is 0.00366. The van der Waals surface area contributed by atoms with Crippen LogP contribution in [0.1, 0.15) is 37.5 Å². The molecule has 0 heterocycles. The molecule has 1 aromatic rings. The van der Waals surface area contributed by atoms with E-state index in [0.717, 1.165) is 5.56 Å². The van der Waals surface area contributed by atoms with E-state index < -0.39 is 28.8 Å². The van der Waals surface area contributed by atoms with Gasteiger partial charge in [0, 0.05) is 0 Å². The van der Waals surface area contributed by atoms with Gasteiger partial charge in [-0.05, 0) is 52.7 Å². The Labute approximate surface area is 131 Å². The Bertz CT molecular complexity index is 847. The van der Waals surface area contributed by atoms with Gasteiger partial charge in [-0.15, -0.1) is 4.79 Å². The van der Waals surface area contributed by atoms with Gasteiger partial charge in [-0.25, -0.2) is 16.8 Å². The number of hydrogen-bond donors (Lipinski definition) is 0. The monoisotopic (exact) mass is 344 g/mol. The molecule has 0 bridgehead atoms. The van der Waals surface area contributed by atoms with Gasteiger partial charge in [0.05, 0.1) is 9.64 Å². The first-order valence-electron chi connectivity index (χ1n) is 6.56. The van der Waals surface area contributed by atoms with Crippen molar-refractivity contribution in [3.63, 3.8) is 0 Å². The molecular weight excluding hydrogens is 324 g/mol. The highest BCUT2D eigenvalue weighted by molar-refractivity contribution is 8.31. The van der Waals surface area contributed by atoms with Crippen LogP contribution < -0.4 is 0 Å². The molecule has 0 unspecified atom stereocenters. The predicted octanol–water partition coefficient (Wildman–Crippen LogP) is 2.18. The quantitative estimate of drug-likeness (QED) is 0.337. The first-order chi connectivity index (χ1) is 9.76. The smallest absolute Gasteiger partial charge is 0.359 e. The van der Waals surface area contributed by atoms with Crippen LogP contribution in [0.3, 0.4) is 0 Å². The summed E-state index contributed by atoms with van der Waals surface area (Å²) >= 11 is 0. The highest BCUT2D eigenvalue weighted by atomic mass is 32.3. The average molecular weight is 344 g/mol. The van der Waals surface area contributed by atoms with E-state index in [1.165, 1.54) is 20.8 Å². The van der Waals surface area contributed by atoms with Crippen LogP contribution >= 0.6 is 0 Å². The SMILES string of the molecule is Cc1cc(C)c(S(=O)(=O)C(=[N+]=[N-])S(=O)(=O)C(C)(C)C)c(C)c1. The number of hydrogen-bond acceptors (Lipinski definition) is 4. The molecule has 0 saturated heterocycles. The summed E-state index contributed by atoms with van der Waals surface area (Å²) in [7, 11) is -8.78. The molecule has 0 spiro atoms. The molecule has 1 aromatic carbocycles. The molecule has 8 heteroatoms. The summed E-state index contributed by atoms with van der Waals surface area (Å²) in [6.07, 6.45) is 0. The molecule has 22 heavy (non-hydrogen) atoms. The Balaban J connectivity index is 3.79. The van der Waals surface area contributed by atoms with Crippen LogP contribution in [0.4, 0.5) is 0 Å². The van der Waals surface area contributed by atoms with Crippen molar-refractivity contribution >= 4 is 24.1 Å². The molecule has 0 N–H and O–H groups in total. The summed E-state index contributed by atoms with van der Waals surface area (Å²) in [4.78, 5) is 2.48. The van der Waals surface area contributed by atoms with E-state index in [1.54, 1.807) is 26.0 Å². The third kappa shape index (κ3) is 2.99. The van der Waals surface area contributed by atoms with Gasteiger partial charge in [0.1, 0.15) is 0 Å². The topological polar surface area (TPSA) is 105 Å². The van der Waals surface area contributed by atoms with Crippen molar-refractivity contribution in [2.45, 2.75) is 51.2 Å². The van der Waals surface area contributed by atoms with Crippen LogP contribution in [-0.2, 0) is 19.7 Å². The van der Waals surface area contributed by atoms with Crippen molar-refractivity contribution < 1.29 is 21.6 Å². The molecule has 0 aromatic heterocycles. The highest BCUT2D eigenvalue weighted by Gasteiger charge is 2.50. The molecule has 0 amide bonds. The van der Waals surface area contributed by atoms with Crippen LogP contribution in [0.25, 0.3) is 5.53 Å². The Hall–Kier alpha value is -1.50. The fraction of sp³-hybridized carbons (Fsp3) is 0.500. The number of sulfone groups is 2. The van der Waals surface area contributed by atoms with Crippen molar-refractivity contribution in [3.8, 4) is 0 Å². The summed E-state index contributed by atoms with van der Waals surface area (Å²) in [5.41, 5.74) is 10.8. The fourth-order valence-corrected chi connectivity index (χ4v) is 6.23. The molecule has 0 saturated carbocycles. The van der Waals surface area contributed by atoms with Gasteiger partial charge < -0.3 is 5.53 Å². The molecule has 6 nitrogen and oxygen atoms in total. The second-order valence-corrected chi connectivity index (χ2v) is 10.9. The highest BCUT2D eigenvalue weighted by Crippen LogP contribution is 2.28. The normalized spacial score (nSPS) is 12.8. The van der Waals surface area contributed by atoms with Crippen molar-refractivity contribution in [2.75, 3.05) is 0 Å². The van der Waals surface area contributed by atoms with Gasteiger partial charge >= 0.3 is 4.38 Å². The van der Waals surface area contributed by atoms with Gasteiger partial charge in [0.15, 0.2) is 0 Å².